The molecule has 1 heterocycles. The molecule has 1 aliphatic heterocycles. The Hall–Kier alpha value is -3.47. The molecule has 0 radical (unpaired) electrons. The topological polar surface area (TPSA) is 238 Å². The Labute approximate surface area is 335 Å². The molecule has 20 nitrogen and oxygen atoms in total. The van der Waals surface area contributed by atoms with Crippen molar-refractivity contribution in [3.8, 4) is 0 Å². The number of nitrogens with one attached hydrogen (secondary N) is 2. The molecule has 1 fully saturated rings. The van der Waals surface area contributed by atoms with Crippen LogP contribution in [0.15, 0.2) is 12.2 Å². The number of rotatable bonds is 27. The van der Waals surface area contributed by atoms with Crippen molar-refractivity contribution in [3.63, 3.8) is 0 Å². The predicted octanol–water partition coefficient (Wildman–Crippen LogP) is -0.724. The number of carboxylic acids is 3. The van der Waals surface area contributed by atoms with Gasteiger partial charge in [0.05, 0.1) is 92.2 Å². The highest BCUT2D eigenvalue weighted by atomic mass is 16.6. The first-order valence-electron chi connectivity index (χ1n) is 19.9. The molecule has 2 amide bonds. The molecular weight excluding hydrogens is 752 g/mol. The molecule has 0 aromatic rings. The van der Waals surface area contributed by atoms with Gasteiger partial charge in [-0.15, -0.1) is 0 Å². The fraction of sp³-hybridized carbons (Fsp3) is 0.811. The van der Waals surface area contributed by atoms with E-state index < -0.39 is 24.0 Å². The third-order valence-electron chi connectivity index (χ3n) is 8.94. The van der Waals surface area contributed by atoms with Crippen molar-refractivity contribution in [2.24, 2.45) is 0 Å². The smallest absolute Gasteiger partial charge is 0.407 e. The fourth-order valence-electron chi connectivity index (χ4n) is 5.95. The molecule has 0 saturated carbocycles. The van der Waals surface area contributed by atoms with E-state index in [1.165, 1.54) is 0 Å². The van der Waals surface area contributed by atoms with Gasteiger partial charge >= 0.3 is 24.0 Å². The maximum atomic E-state index is 12.8. The molecule has 2 rings (SSSR count). The number of amides is 2. The predicted molar refractivity (Wildman–Crippen MR) is 206 cm³/mol. The molecule has 20 heteroatoms. The summed E-state index contributed by atoms with van der Waals surface area (Å²) in [6.07, 6.45) is 8.59. The molecule has 5 N–H and O–H groups in total. The van der Waals surface area contributed by atoms with Crippen molar-refractivity contribution in [1.82, 2.24) is 30.2 Å². The Bertz CT molecular complexity index is 1140. The lowest BCUT2D eigenvalue weighted by Crippen LogP contribution is -2.50. The number of aliphatic carboxylic acids is 3. The van der Waals surface area contributed by atoms with Gasteiger partial charge in [-0.05, 0) is 32.1 Å². The second-order valence-electron chi connectivity index (χ2n) is 13.6. The van der Waals surface area contributed by atoms with Gasteiger partial charge in [0.1, 0.15) is 6.10 Å². The molecule has 0 spiro atoms. The lowest BCUT2D eigenvalue weighted by molar-refractivity contribution is -0.140. The Balaban J connectivity index is 1.48. The Morgan fingerprint density at radius 1 is 0.491 bits per heavy atom. The number of nitrogens with zero attached hydrogens (tertiary/aromatic N) is 4. The van der Waals surface area contributed by atoms with Gasteiger partial charge in [-0.25, -0.2) is 4.79 Å². The summed E-state index contributed by atoms with van der Waals surface area (Å²) in [6, 6.07) is 0. The minimum Gasteiger partial charge on any atom is -0.480 e. The molecule has 0 aromatic heterocycles. The van der Waals surface area contributed by atoms with Crippen molar-refractivity contribution >= 4 is 29.9 Å². The molecule has 2 aliphatic rings. The van der Waals surface area contributed by atoms with Crippen LogP contribution in [0.4, 0.5) is 4.79 Å². The molecule has 328 valence electrons. The van der Waals surface area contributed by atoms with E-state index in [0.29, 0.717) is 118 Å². The minimum atomic E-state index is -1.02. The normalized spacial score (nSPS) is 19.0. The first-order valence-corrected chi connectivity index (χ1v) is 19.9. The highest BCUT2D eigenvalue weighted by Gasteiger charge is 2.21. The Morgan fingerprint density at radius 2 is 0.860 bits per heavy atom. The van der Waals surface area contributed by atoms with E-state index >= 15 is 0 Å². The first-order chi connectivity index (χ1) is 27.6. The van der Waals surface area contributed by atoms with Crippen LogP contribution >= 0.6 is 0 Å². The van der Waals surface area contributed by atoms with E-state index in [4.69, 9.17) is 28.4 Å². The molecule has 0 aromatic carbocycles. The van der Waals surface area contributed by atoms with Crippen LogP contribution in [0.2, 0.25) is 0 Å². The van der Waals surface area contributed by atoms with Crippen molar-refractivity contribution in [2.45, 2.75) is 38.2 Å². The van der Waals surface area contributed by atoms with Crippen LogP contribution in [0.1, 0.15) is 32.1 Å². The second kappa shape index (κ2) is 32.5. The Kier molecular flexibility index (Phi) is 28.3. The molecule has 1 atom stereocenters. The molecule has 1 saturated heterocycles. The summed E-state index contributed by atoms with van der Waals surface area (Å²) in [5.41, 5.74) is 0. The van der Waals surface area contributed by atoms with Gasteiger partial charge < -0.3 is 54.4 Å². The number of allylic oxidation sites excluding steroid dienone is 2. The second-order valence-corrected chi connectivity index (χ2v) is 13.6. The maximum absolute atomic E-state index is 12.8. The summed E-state index contributed by atoms with van der Waals surface area (Å²) < 4.78 is 33.0. The van der Waals surface area contributed by atoms with Gasteiger partial charge in [0.25, 0.3) is 0 Å². The third-order valence-corrected chi connectivity index (χ3v) is 8.94. The summed E-state index contributed by atoms with van der Waals surface area (Å²) in [7, 11) is 0. The molecule has 1 unspecified atom stereocenters. The fourth-order valence-corrected chi connectivity index (χ4v) is 5.95. The van der Waals surface area contributed by atoms with E-state index in [1.54, 1.807) is 14.7 Å². The first kappa shape index (κ1) is 49.7. The summed E-state index contributed by atoms with van der Waals surface area (Å²) in [5.74, 6) is -3.29. The van der Waals surface area contributed by atoms with Crippen LogP contribution in [-0.4, -0.2) is 229 Å². The van der Waals surface area contributed by atoms with Gasteiger partial charge in [-0.2, -0.15) is 0 Å². The SMILES string of the molecule is O=C(O)CN1CCN(CC(=O)O)CCN(CC(=O)NCCOCCOCCOCCOCCOCCNC(=O)OC2CC/C=C/CCC2)CCN(CC(=O)O)CC1. The van der Waals surface area contributed by atoms with Crippen molar-refractivity contribution in [1.29, 1.82) is 0 Å². The number of carbonyl (C=O) groups excluding carboxylic acids is 2. The summed E-state index contributed by atoms with van der Waals surface area (Å²) >= 11 is 0. The Morgan fingerprint density at radius 3 is 1.28 bits per heavy atom. The maximum Gasteiger partial charge on any atom is 0.407 e. The van der Waals surface area contributed by atoms with Crippen LogP contribution in [0, 0.1) is 0 Å². The summed E-state index contributed by atoms with van der Waals surface area (Å²) in [6.45, 7) is 6.35. The zero-order valence-electron chi connectivity index (χ0n) is 33.4. The van der Waals surface area contributed by atoms with Crippen molar-refractivity contribution < 1.29 is 67.7 Å². The van der Waals surface area contributed by atoms with Gasteiger partial charge in [-0.1, -0.05) is 12.2 Å². The number of hydrogen-bond donors (Lipinski definition) is 5. The van der Waals surface area contributed by atoms with Crippen LogP contribution in [0.5, 0.6) is 0 Å². The zero-order chi connectivity index (χ0) is 41.4. The van der Waals surface area contributed by atoms with Crippen LogP contribution in [0.25, 0.3) is 0 Å². The quantitative estimate of drug-likeness (QED) is 0.0508. The lowest BCUT2D eigenvalue weighted by Gasteiger charge is -2.32. The third kappa shape index (κ3) is 28.6. The molecule has 1 aliphatic carbocycles. The van der Waals surface area contributed by atoms with Gasteiger partial charge in [0.2, 0.25) is 5.91 Å². The zero-order valence-corrected chi connectivity index (χ0v) is 33.4. The van der Waals surface area contributed by atoms with Crippen LogP contribution in [-0.2, 0) is 47.6 Å². The van der Waals surface area contributed by atoms with E-state index in [9.17, 15) is 39.3 Å². The number of carbonyl (C=O) groups is 5. The van der Waals surface area contributed by atoms with Gasteiger partial charge in [-0.3, -0.25) is 38.8 Å². The standard InChI is InChI=1S/C37H66N6O14/c44-33(28-40-10-12-41(29-34(45)46)14-16-43(31-36(49)50)17-15-42(13-11-40)30-35(47)48)38-8-18-52-20-22-54-24-26-56-27-25-55-23-21-53-19-9-39-37(51)57-32-6-4-2-1-3-5-7-32/h1-2,32H,3-31H2,(H,38,44)(H,39,51)(H,45,46)(H,47,48)(H,49,50)/b2-1+. The van der Waals surface area contributed by atoms with Crippen LogP contribution < -0.4 is 10.6 Å². The largest absolute Gasteiger partial charge is 0.480 e. The van der Waals surface area contributed by atoms with Gasteiger partial charge in [0.15, 0.2) is 0 Å². The van der Waals surface area contributed by atoms with Crippen molar-refractivity contribution in [3.05, 3.63) is 12.2 Å². The molecule has 0 bridgehead atoms. The highest BCUT2D eigenvalue weighted by Crippen LogP contribution is 2.15. The van der Waals surface area contributed by atoms with Crippen molar-refractivity contribution in [2.75, 3.05) is 158 Å². The number of carboxylic acid groups (broad SMARTS) is 3. The van der Waals surface area contributed by atoms with E-state index in [-0.39, 0.29) is 51.3 Å². The lowest BCUT2D eigenvalue weighted by atomic mass is 10.0. The average molecular weight is 819 g/mol. The summed E-state index contributed by atoms with van der Waals surface area (Å²) in [4.78, 5) is 65.9. The van der Waals surface area contributed by atoms with Gasteiger partial charge in [0, 0.05) is 65.4 Å². The van der Waals surface area contributed by atoms with Crippen LogP contribution in [0.3, 0.4) is 0 Å². The summed E-state index contributed by atoms with van der Waals surface area (Å²) in [5, 5.41) is 33.6. The highest BCUT2D eigenvalue weighted by molar-refractivity contribution is 5.78. The van der Waals surface area contributed by atoms with E-state index in [2.05, 4.69) is 22.8 Å². The average Bonchev–Trinajstić information content (AvgIpc) is 3.14. The number of ether oxygens (including phenoxy) is 6. The monoisotopic (exact) mass is 818 g/mol. The number of alkyl carbamates (subject to hydrolysis) is 1. The minimum absolute atomic E-state index is 0.0327. The number of hydrogen-bond acceptors (Lipinski definition) is 15. The molecular formula is C37H66N6O14. The molecule has 57 heavy (non-hydrogen) atoms. The van der Waals surface area contributed by atoms with E-state index in [0.717, 1.165) is 32.1 Å². The van der Waals surface area contributed by atoms with E-state index in [1.807, 2.05) is 4.90 Å².